The van der Waals surface area contributed by atoms with Crippen LogP contribution in [0.2, 0.25) is 0 Å². The number of carbonyl (C=O) groups is 1. The monoisotopic (exact) mass is 488 g/mol. The Balaban J connectivity index is 1.68. The van der Waals surface area contributed by atoms with Gasteiger partial charge in [0.2, 0.25) is 5.88 Å². The highest BCUT2D eigenvalue weighted by Crippen LogP contribution is 2.32. The largest absolute Gasteiger partial charge is 0.439 e. The molecule has 186 valence electrons. The van der Waals surface area contributed by atoms with E-state index in [1.165, 1.54) is 6.33 Å². The van der Waals surface area contributed by atoms with Gasteiger partial charge in [-0.25, -0.2) is 14.8 Å². The number of benzene rings is 2. The van der Waals surface area contributed by atoms with E-state index in [0.29, 0.717) is 48.3 Å². The molecule has 11 heteroatoms. The molecule has 3 aromatic rings. The molecule has 35 heavy (non-hydrogen) atoms. The van der Waals surface area contributed by atoms with E-state index in [4.69, 9.17) is 4.74 Å². The lowest BCUT2D eigenvalue weighted by atomic mass is 10.1. The van der Waals surface area contributed by atoms with Crippen LogP contribution in [-0.2, 0) is 12.7 Å². The van der Waals surface area contributed by atoms with Crippen LogP contribution in [0.1, 0.15) is 25.0 Å². The Bertz CT molecular complexity index is 1130. The van der Waals surface area contributed by atoms with E-state index in [1.54, 1.807) is 43.4 Å². The summed E-state index contributed by atoms with van der Waals surface area (Å²) < 4.78 is 45.9. The van der Waals surface area contributed by atoms with Crippen LogP contribution in [-0.4, -0.2) is 41.0 Å². The number of nitrogens with zero attached hydrogens (tertiary/aromatic N) is 3. The van der Waals surface area contributed by atoms with Crippen molar-refractivity contribution in [3.05, 3.63) is 66.0 Å². The molecule has 3 N–H and O–H groups in total. The van der Waals surface area contributed by atoms with Crippen LogP contribution in [0.15, 0.2) is 54.9 Å². The quantitative estimate of drug-likeness (QED) is 0.352. The molecule has 2 aromatic carbocycles. The summed E-state index contributed by atoms with van der Waals surface area (Å²) >= 11 is 0. The number of ether oxygens (including phenoxy) is 1. The number of amides is 2. The number of alkyl halides is 3. The summed E-state index contributed by atoms with van der Waals surface area (Å²) in [4.78, 5) is 22.5. The fraction of sp³-hybridized carbons (Fsp3) is 0.292. The lowest BCUT2D eigenvalue weighted by Crippen LogP contribution is -2.23. The molecule has 0 unspecified atom stereocenters. The zero-order chi connectivity index (χ0) is 25.4. The van der Waals surface area contributed by atoms with Gasteiger partial charge in [0.15, 0.2) is 0 Å². The normalized spacial score (nSPS) is 11.3. The average Bonchev–Trinajstić information content (AvgIpc) is 2.83. The van der Waals surface area contributed by atoms with Crippen LogP contribution in [0.3, 0.4) is 0 Å². The molecule has 0 aliphatic carbocycles. The molecule has 2 amide bonds. The lowest BCUT2D eigenvalue weighted by molar-refractivity contribution is -0.137. The minimum absolute atomic E-state index is 0.0588. The van der Waals surface area contributed by atoms with E-state index in [0.717, 1.165) is 12.1 Å². The van der Waals surface area contributed by atoms with E-state index in [2.05, 4.69) is 25.9 Å². The van der Waals surface area contributed by atoms with Crippen molar-refractivity contribution in [3.8, 4) is 11.6 Å². The fourth-order valence-electron chi connectivity index (χ4n) is 3.28. The van der Waals surface area contributed by atoms with Gasteiger partial charge in [0, 0.05) is 31.0 Å². The molecule has 0 bridgehead atoms. The van der Waals surface area contributed by atoms with Crippen molar-refractivity contribution in [3.63, 3.8) is 0 Å². The molecule has 0 spiro atoms. The minimum Gasteiger partial charge on any atom is -0.439 e. The summed E-state index contributed by atoms with van der Waals surface area (Å²) in [5.74, 6) is 1.42. The summed E-state index contributed by atoms with van der Waals surface area (Å²) in [5, 5.41) is 7.99. The highest BCUT2D eigenvalue weighted by molar-refractivity contribution is 5.99. The van der Waals surface area contributed by atoms with Gasteiger partial charge in [-0.15, -0.1) is 0 Å². The molecular weight excluding hydrogens is 461 g/mol. The third-order valence-corrected chi connectivity index (χ3v) is 5.11. The van der Waals surface area contributed by atoms with Gasteiger partial charge in [0.1, 0.15) is 17.9 Å². The summed E-state index contributed by atoms with van der Waals surface area (Å²) in [5.41, 5.74) is 0.143. The molecule has 1 heterocycles. The van der Waals surface area contributed by atoms with Crippen molar-refractivity contribution >= 4 is 23.2 Å². The number of hydrogen-bond donors (Lipinski definition) is 3. The summed E-state index contributed by atoms with van der Waals surface area (Å²) in [6.07, 6.45) is -3.16. The molecule has 1 aromatic heterocycles. The predicted molar refractivity (Wildman–Crippen MR) is 129 cm³/mol. The summed E-state index contributed by atoms with van der Waals surface area (Å²) in [6.45, 7) is 5.62. The van der Waals surface area contributed by atoms with E-state index in [-0.39, 0.29) is 5.69 Å². The Labute approximate surface area is 201 Å². The second-order valence-corrected chi connectivity index (χ2v) is 7.57. The van der Waals surface area contributed by atoms with Crippen molar-refractivity contribution in [2.75, 3.05) is 36.1 Å². The number of halogens is 3. The topological polar surface area (TPSA) is 91.4 Å². The van der Waals surface area contributed by atoms with Crippen LogP contribution in [0.5, 0.6) is 11.6 Å². The number of rotatable bonds is 9. The molecule has 0 aliphatic rings. The molecule has 8 nitrogen and oxygen atoms in total. The number of urea groups is 1. The molecule has 3 rings (SSSR count). The van der Waals surface area contributed by atoms with Gasteiger partial charge in [-0.2, -0.15) is 13.2 Å². The third-order valence-electron chi connectivity index (χ3n) is 5.11. The van der Waals surface area contributed by atoms with Gasteiger partial charge >= 0.3 is 12.2 Å². The van der Waals surface area contributed by atoms with E-state index in [1.807, 2.05) is 18.7 Å². The molecule has 0 saturated carbocycles. The standard InChI is InChI=1S/C24H27F3N6O2/c1-4-33(5-2)14-16-10-17(24(25,26)27)12-19(11-16)32-23(34)31-18-6-8-20(9-7-18)35-22-13-21(28-3)29-15-30-22/h6-13,15H,4-5,14H2,1-3H3,(H,28,29,30)(H2,31,32,34). The number of hydrogen-bond acceptors (Lipinski definition) is 6. The second-order valence-electron chi connectivity index (χ2n) is 7.57. The Morgan fingerprint density at radius 2 is 1.66 bits per heavy atom. The first kappa shape index (κ1) is 25.8. The Hall–Kier alpha value is -3.86. The molecular formula is C24H27F3N6O2. The molecule has 0 radical (unpaired) electrons. The SMILES string of the molecule is CCN(CC)Cc1cc(NC(=O)Nc2ccc(Oc3cc(NC)ncn3)cc2)cc(C(F)(F)F)c1. The Morgan fingerprint density at radius 3 is 2.29 bits per heavy atom. The smallest absolute Gasteiger partial charge is 0.416 e. The van der Waals surface area contributed by atoms with Crippen molar-refractivity contribution in [1.29, 1.82) is 0 Å². The molecule has 0 atom stereocenters. The van der Waals surface area contributed by atoms with E-state index >= 15 is 0 Å². The van der Waals surface area contributed by atoms with Crippen molar-refractivity contribution in [2.24, 2.45) is 0 Å². The van der Waals surface area contributed by atoms with Crippen LogP contribution in [0, 0.1) is 0 Å². The summed E-state index contributed by atoms with van der Waals surface area (Å²) in [6, 6.07) is 11.0. The van der Waals surface area contributed by atoms with Crippen LogP contribution in [0.25, 0.3) is 0 Å². The van der Waals surface area contributed by atoms with E-state index < -0.39 is 17.8 Å². The van der Waals surface area contributed by atoms with Gasteiger partial charge < -0.3 is 20.7 Å². The van der Waals surface area contributed by atoms with Crippen LogP contribution in [0.4, 0.5) is 35.2 Å². The van der Waals surface area contributed by atoms with Gasteiger partial charge in [0.25, 0.3) is 0 Å². The zero-order valence-electron chi connectivity index (χ0n) is 19.6. The number of anilines is 3. The van der Waals surface area contributed by atoms with Crippen LogP contribution >= 0.6 is 0 Å². The maximum Gasteiger partial charge on any atom is 0.416 e. The number of carbonyl (C=O) groups excluding carboxylic acids is 1. The van der Waals surface area contributed by atoms with Gasteiger partial charge in [-0.1, -0.05) is 13.8 Å². The van der Waals surface area contributed by atoms with Crippen molar-refractivity contribution in [2.45, 2.75) is 26.6 Å². The summed E-state index contributed by atoms with van der Waals surface area (Å²) in [7, 11) is 1.73. The third kappa shape index (κ3) is 7.57. The van der Waals surface area contributed by atoms with Crippen molar-refractivity contribution < 1.29 is 22.7 Å². The Kier molecular flexibility index (Phi) is 8.48. The maximum atomic E-state index is 13.4. The van der Waals surface area contributed by atoms with Gasteiger partial charge in [-0.3, -0.25) is 4.90 Å². The van der Waals surface area contributed by atoms with Crippen molar-refractivity contribution in [1.82, 2.24) is 14.9 Å². The Morgan fingerprint density at radius 1 is 0.971 bits per heavy atom. The predicted octanol–water partition coefficient (Wildman–Crippen LogP) is 5.82. The van der Waals surface area contributed by atoms with Gasteiger partial charge in [0.05, 0.1) is 5.56 Å². The minimum atomic E-state index is -4.53. The highest BCUT2D eigenvalue weighted by Gasteiger charge is 2.31. The average molecular weight is 489 g/mol. The lowest BCUT2D eigenvalue weighted by Gasteiger charge is -2.20. The zero-order valence-corrected chi connectivity index (χ0v) is 19.6. The van der Waals surface area contributed by atoms with Gasteiger partial charge in [-0.05, 0) is 61.1 Å². The first-order chi connectivity index (χ1) is 16.7. The number of nitrogens with one attached hydrogen (secondary N) is 3. The molecule has 0 fully saturated rings. The maximum absolute atomic E-state index is 13.4. The molecule has 0 saturated heterocycles. The second kappa shape index (κ2) is 11.5. The number of aromatic nitrogens is 2. The fourth-order valence-corrected chi connectivity index (χ4v) is 3.28. The van der Waals surface area contributed by atoms with Crippen LogP contribution < -0.4 is 20.7 Å². The highest BCUT2D eigenvalue weighted by atomic mass is 19.4. The van der Waals surface area contributed by atoms with E-state index in [9.17, 15) is 18.0 Å². The first-order valence-electron chi connectivity index (χ1n) is 11.0. The first-order valence-corrected chi connectivity index (χ1v) is 11.0. The molecule has 0 aliphatic heterocycles.